The summed E-state index contributed by atoms with van der Waals surface area (Å²) in [6.07, 6.45) is 0.426. The summed E-state index contributed by atoms with van der Waals surface area (Å²) in [7, 11) is 3.93. The molecular weight excluding hydrogens is 358 g/mol. The van der Waals surface area contributed by atoms with E-state index in [1.807, 2.05) is 55.5 Å². The average molecular weight is 388 g/mol. The predicted octanol–water partition coefficient (Wildman–Crippen LogP) is 0.704. The van der Waals surface area contributed by atoms with Crippen LogP contribution in [-0.2, 0) is 19.1 Å². The highest BCUT2D eigenvalue weighted by Crippen LogP contribution is 2.45. The number of carbonyl (C=O) groups excluding carboxylic acids is 3. The molecule has 7 nitrogen and oxygen atoms in total. The Morgan fingerprint density at radius 2 is 1.79 bits per heavy atom. The molecule has 152 valence electrons. The topological polar surface area (TPSA) is 83.5 Å². The fraction of sp³-hybridized carbons (Fsp3) is 0.571. The second-order valence-electron chi connectivity index (χ2n) is 7.72. The number of hydrogen-bond acceptors (Lipinski definition) is 5. The van der Waals surface area contributed by atoms with Gasteiger partial charge in [-0.15, -0.1) is 0 Å². The molecule has 0 spiro atoms. The zero-order chi connectivity index (χ0) is 20.6. The van der Waals surface area contributed by atoms with Crippen LogP contribution < -0.4 is 10.2 Å². The number of nitrogens with two attached hydrogens (primary N) is 1. The Balaban J connectivity index is 2.08. The van der Waals surface area contributed by atoms with Gasteiger partial charge in [-0.25, -0.2) is 4.79 Å². The zero-order valence-corrected chi connectivity index (χ0v) is 17.3. The van der Waals surface area contributed by atoms with Gasteiger partial charge in [0.05, 0.1) is 6.61 Å². The number of fused-ring (bicyclic) bond motifs is 1. The lowest BCUT2D eigenvalue weighted by atomic mass is 9.78. The molecule has 2 aliphatic rings. The van der Waals surface area contributed by atoms with Gasteiger partial charge in [0, 0.05) is 38.3 Å². The summed E-state index contributed by atoms with van der Waals surface area (Å²) in [5, 5.41) is 1.91. The molecule has 2 N–H and O–H groups in total. The molecule has 3 rings (SSSR count). The number of anilines is 1. The third kappa shape index (κ3) is 2.89. The SMILES string of the molecule is CCOC(=O)[C@@]1(CC)[NH2+][C@@H](c2ccc(N(C)C)cc2)[C@H]2C(=O)N(CC)C(=O)[C@H]21. The van der Waals surface area contributed by atoms with Gasteiger partial charge in [0.2, 0.25) is 17.4 Å². The molecule has 2 amide bonds. The van der Waals surface area contributed by atoms with Gasteiger partial charge in [0.1, 0.15) is 17.9 Å². The van der Waals surface area contributed by atoms with Crippen LogP contribution in [0.4, 0.5) is 5.69 Å². The van der Waals surface area contributed by atoms with Crippen LogP contribution in [0.5, 0.6) is 0 Å². The third-order valence-electron chi connectivity index (χ3n) is 6.21. The summed E-state index contributed by atoms with van der Waals surface area (Å²) in [6.45, 7) is 5.99. The van der Waals surface area contributed by atoms with Crippen molar-refractivity contribution in [2.24, 2.45) is 11.8 Å². The molecule has 0 aliphatic carbocycles. The molecule has 1 aromatic rings. The van der Waals surface area contributed by atoms with Gasteiger partial charge in [-0.1, -0.05) is 19.1 Å². The van der Waals surface area contributed by atoms with Crippen molar-refractivity contribution in [1.29, 1.82) is 0 Å². The molecule has 7 heteroatoms. The van der Waals surface area contributed by atoms with Crippen molar-refractivity contribution in [2.75, 3.05) is 32.1 Å². The minimum absolute atomic E-state index is 0.185. The first kappa shape index (κ1) is 20.3. The van der Waals surface area contributed by atoms with Gasteiger partial charge in [0.25, 0.3) is 0 Å². The first-order valence-corrected chi connectivity index (χ1v) is 9.98. The van der Waals surface area contributed by atoms with Crippen LogP contribution in [0.15, 0.2) is 24.3 Å². The first-order valence-electron chi connectivity index (χ1n) is 9.98. The quantitative estimate of drug-likeness (QED) is 0.573. The number of amides is 2. The van der Waals surface area contributed by atoms with E-state index in [-0.39, 0.29) is 24.5 Å². The van der Waals surface area contributed by atoms with E-state index in [1.165, 1.54) is 4.90 Å². The number of carbonyl (C=O) groups is 3. The summed E-state index contributed by atoms with van der Waals surface area (Å²) in [4.78, 5) is 42.5. The normalized spacial score (nSPS) is 29.2. The smallest absolute Gasteiger partial charge is 0.368 e. The van der Waals surface area contributed by atoms with Crippen LogP contribution in [0, 0.1) is 11.8 Å². The molecule has 4 atom stereocenters. The Bertz CT molecular complexity index is 776. The van der Waals surface area contributed by atoms with E-state index in [4.69, 9.17) is 4.74 Å². The maximum atomic E-state index is 13.1. The molecule has 2 fully saturated rings. The van der Waals surface area contributed by atoms with E-state index in [9.17, 15) is 14.4 Å². The maximum Gasteiger partial charge on any atom is 0.368 e. The van der Waals surface area contributed by atoms with E-state index in [1.54, 1.807) is 13.8 Å². The zero-order valence-electron chi connectivity index (χ0n) is 17.3. The number of benzene rings is 1. The van der Waals surface area contributed by atoms with E-state index in [0.717, 1.165) is 11.3 Å². The van der Waals surface area contributed by atoms with E-state index < -0.39 is 23.3 Å². The molecule has 0 saturated carbocycles. The van der Waals surface area contributed by atoms with Crippen molar-refractivity contribution in [3.63, 3.8) is 0 Å². The lowest BCUT2D eigenvalue weighted by Crippen LogP contribution is -2.98. The number of quaternary nitrogens is 1. The number of esters is 1. The van der Waals surface area contributed by atoms with Crippen molar-refractivity contribution in [1.82, 2.24) is 4.90 Å². The monoisotopic (exact) mass is 388 g/mol. The number of ether oxygens (including phenoxy) is 1. The Morgan fingerprint density at radius 1 is 1.14 bits per heavy atom. The largest absolute Gasteiger partial charge is 0.461 e. The molecule has 2 saturated heterocycles. The number of nitrogens with zero attached hydrogens (tertiary/aromatic N) is 2. The summed E-state index contributed by atoms with van der Waals surface area (Å²) in [5.74, 6) is -2.09. The fourth-order valence-corrected chi connectivity index (χ4v) is 4.73. The van der Waals surface area contributed by atoms with Crippen molar-refractivity contribution in [3.05, 3.63) is 29.8 Å². The molecule has 0 bridgehead atoms. The van der Waals surface area contributed by atoms with Crippen LogP contribution in [0.25, 0.3) is 0 Å². The molecule has 28 heavy (non-hydrogen) atoms. The molecule has 0 aromatic heterocycles. The lowest BCUT2D eigenvalue weighted by molar-refractivity contribution is -0.734. The van der Waals surface area contributed by atoms with Crippen LogP contribution in [0.1, 0.15) is 38.8 Å². The molecule has 0 radical (unpaired) electrons. The second-order valence-corrected chi connectivity index (χ2v) is 7.72. The summed E-state index contributed by atoms with van der Waals surface area (Å²) in [5.41, 5.74) is 0.927. The summed E-state index contributed by atoms with van der Waals surface area (Å²) >= 11 is 0. The predicted molar refractivity (Wildman–Crippen MR) is 104 cm³/mol. The highest BCUT2D eigenvalue weighted by molar-refractivity contribution is 6.08. The fourth-order valence-electron chi connectivity index (χ4n) is 4.73. The van der Waals surface area contributed by atoms with Crippen molar-refractivity contribution in [3.8, 4) is 0 Å². The molecule has 0 unspecified atom stereocenters. The maximum absolute atomic E-state index is 13.1. The average Bonchev–Trinajstić information content (AvgIpc) is 3.16. The number of imide groups is 1. The minimum Gasteiger partial charge on any atom is -0.461 e. The lowest BCUT2D eigenvalue weighted by Gasteiger charge is -2.28. The van der Waals surface area contributed by atoms with E-state index >= 15 is 0 Å². The van der Waals surface area contributed by atoms with Crippen LogP contribution >= 0.6 is 0 Å². The van der Waals surface area contributed by atoms with Gasteiger partial charge < -0.3 is 15.0 Å². The van der Waals surface area contributed by atoms with Crippen LogP contribution in [0.2, 0.25) is 0 Å². The van der Waals surface area contributed by atoms with Crippen LogP contribution in [-0.4, -0.2) is 55.5 Å². The van der Waals surface area contributed by atoms with Gasteiger partial charge in [0.15, 0.2) is 0 Å². The van der Waals surface area contributed by atoms with Gasteiger partial charge >= 0.3 is 5.97 Å². The second kappa shape index (κ2) is 7.54. The Morgan fingerprint density at radius 3 is 2.29 bits per heavy atom. The van der Waals surface area contributed by atoms with E-state index in [2.05, 4.69) is 0 Å². The Kier molecular flexibility index (Phi) is 5.48. The first-order chi connectivity index (χ1) is 13.3. The number of likely N-dealkylation sites (tertiary alicyclic amines) is 1. The molecular formula is C21H30N3O4+. The van der Waals surface area contributed by atoms with Gasteiger partial charge in [-0.05, 0) is 26.0 Å². The number of hydrogen-bond donors (Lipinski definition) is 1. The number of rotatable bonds is 6. The molecule has 1 aromatic carbocycles. The van der Waals surface area contributed by atoms with Crippen molar-refractivity contribution in [2.45, 2.75) is 38.8 Å². The van der Waals surface area contributed by atoms with Gasteiger partial charge in [-0.3, -0.25) is 14.5 Å². The van der Waals surface area contributed by atoms with Gasteiger partial charge in [-0.2, -0.15) is 0 Å². The summed E-state index contributed by atoms with van der Waals surface area (Å²) < 4.78 is 5.36. The Labute approximate surface area is 166 Å². The highest BCUT2D eigenvalue weighted by Gasteiger charge is 2.71. The van der Waals surface area contributed by atoms with E-state index in [0.29, 0.717) is 13.0 Å². The molecule has 2 heterocycles. The standard InChI is InChI=1S/C21H29N3O4/c1-6-21(20(27)28-8-3)16-15(18(25)24(7-2)19(16)26)17(22-21)13-9-11-14(12-10-13)23(4)5/h9-12,15-17,22H,6-8H2,1-5H3/p+1/t15-,16-,17-,21-/m0/s1. The minimum atomic E-state index is -1.07. The van der Waals surface area contributed by atoms with Crippen LogP contribution in [0.3, 0.4) is 0 Å². The van der Waals surface area contributed by atoms with Crippen molar-refractivity contribution < 1.29 is 24.4 Å². The third-order valence-corrected chi connectivity index (χ3v) is 6.21. The Hall–Kier alpha value is -2.41. The molecule has 2 aliphatic heterocycles. The summed E-state index contributed by atoms with van der Waals surface area (Å²) in [6, 6.07) is 7.66. The highest BCUT2D eigenvalue weighted by atomic mass is 16.5. The van der Waals surface area contributed by atoms with Crippen molar-refractivity contribution >= 4 is 23.5 Å².